The van der Waals surface area contributed by atoms with E-state index in [0.717, 1.165) is 11.5 Å². The molecule has 3 rings (SSSR count). The summed E-state index contributed by atoms with van der Waals surface area (Å²) in [5.41, 5.74) is 2.52. The van der Waals surface area contributed by atoms with Gasteiger partial charge in [-0.05, 0) is 21.1 Å². The Morgan fingerprint density at radius 3 is 2.50 bits per heavy atom. The summed E-state index contributed by atoms with van der Waals surface area (Å²) in [7, 11) is 1.70. The molecule has 0 spiro atoms. The van der Waals surface area contributed by atoms with E-state index in [2.05, 4.69) is 71.5 Å². The Labute approximate surface area is 124 Å². The third kappa shape index (κ3) is 1.75. The molecular formula is C15H13IOS. The quantitative estimate of drug-likeness (QED) is 0.610. The Balaban J connectivity index is 2.27. The van der Waals surface area contributed by atoms with Crippen LogP contribution in [0.25, 0.3) is 0 Å². The van der Waals surface area contributed by atoms with E-state index in [1.165, 1.54) is 16.0 Å². The van der Waals surface area contributed by atoms with E-state index >= 15 is 0 Å². The number of ether oxygens (including phenoxy) is 1. The smallest absolute Gasteiger partial charge is 0.145 e. The monoisotopic (exact) mass is 368 g/mol. The highest BCUT2D eigenvalue weighted by Crippen LogP contribution is 2.51. The maximum Gasteiger partial charge on any atom is 0.145 e. The van der Waals surface area contributed by atoms with Gasteiger partial charge >= 0.3 is 0 Å². The summed E-state index contributed by atoms with van der Waals surface area (Å²) in [4.78, 5) is 1.19. The summed E-state index contributed by atoms with van der Waals surface area (Å²) in [6, 6.07) is 14.7. The van der Waals surface area contributed by atoms with Crippen LogP contribution in [0.15, 0.2) is 47.4 Å². The van der Waals surface area contributed by atoms with Gasteiger partial charge in [0.2, 0.25) is 0 Å². The van der Waals surface area contributed by atoms with Crippen LogP contribution in [0, 0.1) is 0 Å². The summed E-state index contributed by atoms with van der Waals surface area (Å²) < 4.78 is 6.11. The second kappa shape index (κ2) is 4.46. The van der Waals surface area contributed by atoms with Crippen molar-refractivity contribution in [3.8, 4) is 11.5 Å². The average Bonchev–Trinajstić information content (AvgIpc) is 2.38. The van der Waals surface area contributed by atoms with E-state index in [1.54, 1.807) is 8.93 Å². The highest BCUT2D eigenvalue weighted by molar-refractivity contribution is 14.2. The fourth-order valence-electron chi connectivity index (χ4n) is 2.50. The Morgan fingerprint density at radius 1 is 1.00 bits per heavy atom. The van der Waals surface area contributed by atoms with Gasteiger partial charge in [-0.2, -0.15) is 0 Å². The first-order valence-electron chi connectivity index (χ1n) is 5.84. The first-order chi connectivity index (χ1) is 8.64. The summed E-state index contributed by atoms with van der Waals surface area (Å²) in [5.74, 6) is 1.99. The lowest BCUT2D eigenvalue weighted by atomic mass is 9.76. The molecule has 0 saturated carbocycles. The van der Waals surface area contributed by atoms with Crippen LogP contribution in [0.4, 0.5) is 0 Å². The standard InChI is InChI=1S/C15H13IOS/c1-15(2)10-6-3-4-8-12(10)17-14-11(15)7-5-9-13(14)18-16/h3-9H,1-2H3. The summed E-state index contributed by atoms with van der Waals surface area (Å²) in [5, 5.41) is 0. The van der Waals surface area contributed by atoms with Crippen LogP contribution in [0.1, 0.15) is 25.0 Å². The van der Waals surface area contributed by atoms with E-state index in [4.69, 9.17) is 4.74 Å². The fraction of sp³-hybridized carbons (Fsp3) is 0.200. The van der Waals surface area contributed by atoms with Crippen molar-refractivity contribution in [3.63, 3.8) is 0 Å². The van der Waals surface area contributed by atoms with Gasteiger partial charge < -0.3 is 4.74 Å². The normalized spacial score (nSPS) is 15.5. The summed E-state index contributed by atoms with van der Waals surface area (Å²) >= 11 is 2.31. The molecule has 1 aliphatic heterocycles. The summed E-state index contributed by atoms with van der Waals surface area (Å²) in [6.07, 6.45) is 0. The number of para-hydroxylation sites is 2. The maximum atomic E-state index is 6.11. The van der Waals surface area contributed by atoms with Crippen LogP contribution in [-0.4, -0.2) is 0 Å². The molecule has 3 heteroatoms. The Hall–Kier alpha value is -0.680. The van der Waals surface area contributed by atoms with Gasteiger partial charge in [0.15, 0.2) is 0 Å². The van der Waals surface area contributed by atoms with Crippen LogP contribution in [-0.2, 0) is 5.41 Å². The molecule has 0 saturated heterocycles. The minimum atomic E-state index is -0.00738. The minimum absolute atomic E-state index is 0.00738. The van der Waals surface area contributed by atoms with Crippen molar-refractivity contribution >= 4 is 30.1 Å². The van der Waals surface area contributed by atoms with Gasteiger partial charge in [-0.25, -0.2) is 0 Å². The third-order valence-corrected chi connectivity index (χ3v) is 5.42. The SMILES string of the molecule is CC1(C)c2ccccc2Oc2c(SI)cccc21. The molecule has 0 unspecified atom stereocenters. The minimum Gasteiger partial charge on any atom is -0.456 e. The van der Waals surface area contributed by atoms with Crippen LogP contribution < -0.4 is 4.74 Å². The molecule has 18 heavy (non-hydrogen) atoms. The number of benzene rings is 2. The van der Waals surface area contributed by atoms with Crippen LogP contribution in [0.5, 0.6) is 11.5 Å². The van der Waals surface area contributed by atoms with Gasteiger partial charge in [0, 0.05) is 37.7 Å². The molecule has 92 valence electrons. The second-order valence-corrected chi connectivity index (χ2v) is 6.85. The molecule has 0 amide bonds. The molecule has 0 fully saturated rings. The third-order valence-electron chi connectivity index (χ3n) is 3.51. The number of rotatable bonds is 1. The molecule has 0 radical (unpaired) electrons. The van der Waals surface area contributed by atoms with E-state index in [1.807, 2.05) is 6.07 Å². The fourth-order valence-corrected chi connectivity index (χ4v) is 3.89. The van der Waals surface area contributed by atoms with Gasteiger partial charge in [-0.1, -0.05) is 44.2 Å². The number of halogens is 1. The van der Waals surface area contributed by atoms with Crippen LogP contribution >= 0.6 is 30.1 Å². The Kier molecular flexibility index (Phi) is 3.06. The van der Waals surface area contributed by atoms with Crippen molar-refractivity contribution < 1.29 is 4.74 Å². The molecule has 0 bridgehead atoms. The van der Waals surface area contributed by atoms with Crippen molar-refractivity contribution in [2.75, 3.05) is 0 Å². The molecule has 0 aliphatic carbocycles. The van der Waals surface area contributed by atoms with E-state index in [0.29, 0.717) is 0 Å². The first kappa shape index (κ1) is 12.4. The lowest BCUT2D eigenvalue weighted by Gasteiger charge is -2.35. The Bertz CT molecular complexity index is 607. The molecule has 2 aromatic rings. The zero-order chi connectivity index (χ0) is 12.8. The predicted molar refractivity (Wildman–Crippen MR) is 85.0 cm³/mol. The van der Waals surface area contributed by atoms with Gasteiger partial charge in [-0.3, -0.25) is 0 Å². The van der Waals surface area contributed by atoms with Crippen molar-refractivity contribution in [3.05, 3.63) is 53.6 Å². The first-order valence-corrected chi connectivity index (χ1v) is 9.20. The molecule has 0 aromatic heterocycles. The number of hydrogen-bond acceptors (Lipinski definition) is 2. The Morgan fingerprint density at radius 2 is 1.72 bits per heavy atom. The van der Waals surface area contributed by atoms with Crippen LogP contribution in [0.2, 0.25) is 0 Å². The van der Waals surface area contributed by atoms with E-state index in [-0.39, 0.29) is 5.41 Å². The van der Waals surface area contributed by atoms with E-state index in [9.17, 15) is 0 Å². The van der Waals surface area contributed by atoms with Crippen molar-refractivity contribution in [2.45, 2.75) is 24.2 Å². The lowest BCUT2D eigenvalue weighted by molar-refractivity contribution is 0.408. The molecule has 0 atom stereocenters. The molecular weight excluding hydrogens is 355 g/mol. The zero-order valence-corrected chi connectivity index (χ0v) is 13.2. The van der Waals surface area contributed by atoms with Gasteiger partial charge in [0.25, 0.3) is 0 Å². The van der Waals surface area contributed by atoms with Crippen molar-refractivity contribution in [1.29, 1.82) is 0 Å². The maximum absolute atomic E-state index is 6.11. The van der Waals surface area contributed by atoms with E-state index < -0.39 is 0 Å². The lowest BCUT2D eigenvalue weighted by Crippen LogP contribution is -2.24. The zero-order valence-electron chi connectivity index (χ0n) is 10.2. The summed E-state index contributed by atoms with van der Waals surface area (Å²) in [6.45, 7) is 4.52. The highest BCUT2D eigenvalue weighted by Gasteiger charge is 2.34. The molecule has 0 N–H and O–H groups in total. The predicted octanol–water partition coefficient (Wildman–Crippen LogP) is 5.56. The molecule has 2 aromatic carbocycles. The largest absolute Gasteiger partial charge is 0.456 e. The number of hydrogen-bond donors (Lipinski definition) is 0. The molecule has 1 heterocycles. The highest BCUT2D eigenvalue weighted by atomic mass is 127. The van der Waals surface area contributed by atoms with Gasteiger partial charge in [0.1, 0.15) is 11.5 Å². The van der Waals surface area contributed by atoms with Gasteiger partial charge in [0.05, 0.1) is 4.90 Å². The van der Waals surface area contributed by atoms with Crippen molar-refractivity contribution in [2.24, 2.45) is 0 Å². The number of fused-ring (bicyclic) bond motifs is 2. The van der Waals surface area contributed by atoms with Crippen LogP contribution in [0.3, 0.4) is 0 Å². The molecule has 1 nitrogen and oxygen atoms in total. The van der Waals surface area contributed by atoms with Crippen molar-refractivity contribution in [1.82, 2.24) is 0 Å². The topological polar surface area (TPSA) is 9.23 Å². The average molecular weight is 368 g/mol. The molecule has 1 aliphatic rings. The van der Waals surface area contributed by atoms with Gasteiger partial charge in [-0.15, -0.1) is 0 Å². The second-order valence-electron chi connectivity index (χ2n) is 4.93.